The predicted octanol–water partition coefficient (Wildman–Crippen LogP) is 8.74. The summed E-state index contributed by atoms with van der Waals surface area (Å²) in [6.45, 7) is 2.33. The molecule has 2 aliphatic heterocycles. The molecule has 1 fully saturated rings. The number of fused-ring (bicyclic) bond motifs is 2. The Kier molecular flexibility index (Phi) is 12.5. The Morgan fingerprint density at radius 2 is 1.17 bits per heavy atom. The minimum atomic E-state index is -1.000. The van der Waals surface area contributed by atoms with E-state index in [-0.39, 0.29) is 11.9 Å². The zero-order valence-corrected chi connectivity index (χ0v) is 30.5. The van der Waals surface area contributed by atoms with Crippen LogP contribution in [0.15, 0.2) is 140 Å². The molecule has 274 valence electrons. The van der Waals surface area contributed by atoms with Crippen LogP contribution in [0, 0.1) is 0 Å². The molecule has 8 nitrogen and oxygen atoms in total. The van der Waals surface area contributed by atoms with E-state index in [9.17, 15) is 4.79 Å². The molecule has 0 bridgehead atoms. The van der Waals surface area contributed by atoms with Crippen molar-refractivity contribution in [2.24, 2.45) is 0 Å². The first-order chi connectivity index (χ1) is 26.1. The maximum atomic E-state index is 11.9. The van der Waals surface area contributed by atoms with E-state index < -0.39 is 29.4 Å². The quantitative estimate of drug-likeness (QED) is 0.0982. The van der Waals surface area contributed by atoms with Crippen molar-refractivity contribution in [3.8, 4) is 0 Å². The second-order valence-electron chi connectivity index (χ2n) is 13.1. The van der Waals surface area contributed by atoms with Crippen molar-refractivity contribution < 1.29 is 38.0 Å². The Morgan fingerprint density at radius 1 is 0.642 bits per heavy atom. The molecule has 2 aliphatic rings. The van der Waals surface area contributed by atoms with E-state index in [1.165, 1.54) is 7.11 Å². The largest absolute Gasteiger partial charge is 0.508 e. The van der Waals surface area contributed by atoms with Gasteiger partial charge in [0.25, 0.3) is 0 Å². The normalized spacial score (nSPS) is 22.0. The lowest BCUT2D eigenvalue weighted by atomic mass is 9.91. The summed E-state index contributed by atoms with van der Waals surface area (Å²) >= 11 is 1.66. The molecule has 53 heavy (non-hydrogen) atoms. The third-order valence-electron chi connectivity index (χ3n) is 9.44. The molecule has 2 heterocycles. The van der Waals surface area contributed by atoms with Gasteiger partial charge in [0.1, 0.15) is 24.9 Å². The van der Waals surface area contributed by atoms with Crippen molar-refractivity contribution in [2.45, 2.75) is 68.1 Å². The van der Waals surface area contributed by atoms with Crippen LogP contribution in [0.25, 0.3) is 0 Å². The van der Waals surface area contributed by atoms with Crippen molar-refractivity contribution in [1.82, 2.24) is 0 Å². The highest BCUT2D eigenvalue weighted by molar-refractivity contribution is 8.00. The van der Waals surface area contributed by atoms with E-state index in [1.54, 1.807) is 11.8 Å². The first kappa shape index (κ1) is 36.9. The Labute approximate surface area is 315 Å². The topological polar surface area (TPSA) is 81.7 Å². The second-order valence-corrected chi connectivity index (χ2v) is 14.5. The first-order valence-corrected chi connectivity index (χ1v) is 18.7. The fourth-order valence-corrected chi connectivity index (χ4v) is 8.56. The maximum Gasteiger partial charge on any atom is 0.508 e. The minimum absolute atomic E-state index is 0.0522. The third kappa shape index (κ3) is 9.19. The van der Waals surface area contributed by atoms with E-state index in [4.69, 9.17) is 33.2 Å². The van der Waals surface area contributed by atoms with E-state index in [1.807, 2.05) is 84.9 Å². The highest BCUT2D eigenvalue weighted by atomic mass is 32.2. The predicted molar refractivity (Wildman–Crippen MR) is 203 cm³/mol. The molecule has 1 saturated heterocycles. The van der Waals surface area contributed by atoms with Gasteiger partial charge in [0, 0.05) is 5.56 Å². The number of ether oxygens (including phenoxy) is 7. The van der Waals surface area contributed by atoms with Gasteiger partial charge in [-0.3, -0.25) is 0 Å². The maximum absolute atomic E-state index is 11.9. The van der Waals surface area contributed by atoms with Crippen LogP contribution >= 0.6 is 11.8 Å². The van der Waals surface area contributed by atoms with E-state index in [0.29, 0.717) is 39.6 Å². The summed E-state index contributed by atoms with van der Waals surface area (Å²) in [7, 11) is 1.30. The van der Waals surface area contributed by atoms with Gasteiger partial charge >= 0.3 is 6.16 Å². The van der Waals surface area contributed by atoms with Crippen LogP contribution in [0.2, 0.25) is 0 Å². The molecule has 0 aromatic heterocycles. The average molecular weight is 733 g/mol. The average Bonchev–Trinajstić information content (AvgIpc) is 3.57. The summed E-state index contributed by atoms with van der Waals surface area (Å²) in [5.74, 6) is 0. The monoisotopic (exact) mass is 732 g/mol. The zero-order valence-electron chi connectivity index (χ0n) is 29.7. The summed E-state index contributed by atoms with van der Waals surface area (Å²) in [5, 5.41) is -0.222. The molecule has 0 saturated carbocycles. The van der Waals surface area contributed by atoms with E-state index in [2.05, 4.69) is 54.6 Å². The number of carbonyl (C=O) groups excluding carboxylic acids is 1. The third-order valence-corrected chi connectivity index (χ3v) is 11.1. The summed E-state index contributed by atoms with van der Waals surface area (Å²) in [6.07, 6.45) is -2.36. The minimum Gasteiger partial charge on any atom is -0.438 e. The highest BCUT2D eigenvalue weighted by Gasteiger charge is 2.60. The SMILES string of the molecule is COC(=O)OCc1ccc2c(c1)[C@]1(OC2)SC(COCc2ccccc2)[C@@H](OCc2ccccc2)[C@H](OCc2ccccc2)[C@H]1OCc1ccccc1. The molecule has 0 aliphatic carbocycles. The molecule has 5 aromatic carbocycles. The molecule has 0 N–H and O–H groups in total. The summed E-state index contributed by atoms with van der Waals surface area (Å²) in [6, 6.07) is 46.6. The van der Waals surface area contributed by atoms with Crippen molar-refractivity contribution >= 4 is 17.9 Å². The number of carbonyl (C=O) groups is 1. The van der Waals surface area contributed by atoms with Crippen LogP contribution in [0.5, 0.6) is 0 Å². The Balaban J connectivity index is 1.29. The van der Waals surface area contributed by atoms with Gasteiger partial charge in [0.2, 0.25) is 0 Å². The lowest BCUT2D eigenvalue weighted by Crippen LogP contribution is -2.61. The second kappa shape index (κ2) is 18.0. The lowest BCUT2D eigenvalue weighted by Gasteiger charge is -2.50. The van der Waals surface area contributed by atoms with Gasteiger partial charge in [-0.15, -0.1) is 11.8 Å². The number of methoxy groups -OCH3 is 1. The van der Waals surface area contributed by atoms with Crippen molar-refractivity contribution in [1.29, 1.82) is 0 Å². The fraction of sp³-hybridized carbons (Fsp3) is 0.295. The number of hydrogen-bond acceptors (Lipinski definition) is 9. The summed E-state index contributed by atoms with van der Waals surface area (Å²) in [5.41, 5.74) is 7.00. The fourth-order valence-electron chi connectivity index (χ4n) is 6.80. The van der Waals surface area contributed by atoms with Crippen LogP contribution < -0.4 is 0 Å². The molecule has 7 rings (SSSR count). The molecule has 9 heteroatoms. The Hall–Kier alpha value is -4.48. The molecule has 1 unspecified atom stereocenters. The van der Waals surface area contributed by atoms with Crippen LogP contribution in [0.4, 0.5) is 4.79 Å². The van der Waals surface area contributed by atoms with Gasteiger partial charge in [0.05, 0.1) is 52.0 Å². The van der Waals surface area contributed by atoms with Crippen molar-refractivity contribution in [2.75, 3.05) is 13.7 Å². The molecular weight excluding hydrogens is 689 g/mol. The van der Waals surface area contributed by atoms with Crippen LogP contribution in [0.1, 0.15) is 38.9 Å². The van der Waals surface area contributed by atoms with Gasteiger partial charge in [-0.2, -0.15) is 0 Å². The van der Waals surface area contributed by atoms with E-state index >= 15 is 0 Å². The molecule has 5 atom stereocenters. The lowest BCUT2D eigenvalue weighted by molar-refractivity contribution is -0.207. The molecule has 1 spiro atoms. The standard InChI is InChI=1S/C44H44O8S/c1-46-43(45)51-29-36-22-23-37-30-52-44(38(37)24-36)42(50-28-35-20-12-5-13-21-35)41(49-27-34-18-10-4-11-19-34)40(48-26-33-16-8-3-9-17-33)39(53-44)31-47-25-32-14-6-2-7-15-32/h2-24,39-42H,25-31H2,1H3/t39?,40-,41+,42-,44+/m1/s1. The molecule has 5 aromatic rings. The van der Waals surface area contributed by atoms with Gasteiger partial charge < -0.3 is 33.2 Å². The van der Waals surface area contributed by atoms with Crippen LogP contribution in [-0.4, -0.2) is 43.4 Å². The van der Waals surface area contributed by atoms with Crippen LogP contribution in [0.3, 0.4) is 0 Å². The number of benzene rings is 5. The van der Waals surface area contributed by atoms with Crippen LogP contribution in [-0.2, 0) is 77.7 Å². The van der Waals surface area contributed by atoms with Crippen molar-refractivity contribution in [3.05, 3.63) is 178 Å². The Bertz CT molecular complexity index is 1880. The molecule has 0 radical (unpaired) electrons. The smallest absolute Gasteiger partial charge is 0.438 e. The van der Waals surface area contributed by atoms with Gasteiger partial charge in [0.15, 0.2) is 4.93 Å². The number of rotatable bonds is 15. The van der Waals surface area contributed by atoms with E-state index in [0.717, 1.165) is 38.9 Å². The van der Waals surface area contributed by atoms with Crippen molar-refractivity contribution in [3.63, 3.8) is 0 Å². The summed E-state index contributed by atoms with van der Waals surface area (Å²) in [4.78, 5) is 10.9. The zero-order chi connectivity index (χ0) is 36.3. The first-order valence-electron chi connectivity index (χ1n) is 17.8. The molecular formula is C44H44O8S. The Morgan fingerprint density at radius 3 is 1.74 bits per heavy atom. The highest BCUT2D eigenvalue weighted by Crippen LogP contribution is 2.56. The number of hydrogen-bond donors (Lipinski definition) is 0. The summed E-state index contributed by atoms with van der Waals surface area (Å²) < 4.78 is 44.5. The number of thioether (sulfide) groups is 1. The van der Waals surface area contributed by atoms with Gasteiger partial charge in [-0.25, -0.2) is 4.79 Å². The molecule has 0 amide bonds. The van der Waals surface area contributed by atoms with Gasteiger partial charge in [-0.1, -0.05) is 133 Å². The van der Waals surface area contributed by atoms with Gasteiger partial charge in [-0.05, 0) is 39.4 Å².